The minimum absolute atomic E-state index is 0.190. The lowest BCUT2D eigenvalue weighted by atomic mass is 9.87. The van der Waals surface area contributed by atoms with Crippen molar-refractivity contribution in [2.24, 2.45) is 0 Å². The van der Waals surface area contributed by atoms with E-state index in [9.17, 15) is 0 Å². The molecule has 0 saturated carbocycles. The van der Waals surface area contributed by atoms with Gasteiger partial charge >= 0.3 is 0 Å². The van der Waals surface area contributed by atoms with Crippen molar-refractivity contribution in [2.75, 3.05) is 0 Å². The molecular formula is C41H28N2S. The molecule has 2 nitrogen and oxygen atoms in total. The summed E-state index contributed by atoms with van der Waals surface area (Å²) in [6.45, 7) is 2.12. The average Bonchev–Trinajstić information content (AvgIpc) is 3.71. The van der Waals surface area contributed by atoms with Crippen LogP contribution in [0.3, 0.4) is 0 Å². The molecule has 2 heterocycles. The Morgan fingerprint density at radius 3 is 2.25 bits per heavy atom. The molecule has 0 unspecified atom stereocenters. The van der Waals surface area contributed by atoms with Crippen LogP contribution in [0.25, 0.3) is 80.7 Å². The number of hydrogen-bond acceptors (Lipinski definition) is 2. The van der Waals surface area contributed by atoms with Crippen LogP contribution >= 0.6 is 11.3 Å². The number of imidazole rings is 1. The molecule has 0 aliphatic heterocycles. The Bertz CT molecular complexity index is 2800. The average molecular weight is 586 g/mol. The molecule has 44 heavy (non-hydrogen) atoms. The minimum Gasteiger partial charge on any atom is -0.295 e. The Labute approximate surface area is 266 Å². The van der Waals surface area contributed by atoms with Gasteiger partial charge < -0.3 is 0 Å². The van der Waals surface area contributed by atoms with Gasteiger partial charge in [0.25, 0.3) is 0 Å². The zero-order chi connectivity index (χ0) is 33.6. The predicted octanol–water partition coefficient (Wildman–Crippen LogP) is 11.6. The van der Waals surface area contributed by atoms with E-state index >= 15 is 0 Å². The maximum atomic E-state index is 8.82. The lowest BCUT2D eigenvalue weighted by Gasteiger charge is -2.21. The number of rotatable bonds is 4. The van der Waals surface area contributed by atoms with Gasteiger partial charge in [-0.3, -0.25) is 4.57 Å². The molecule has 0 aliphatic carbocycles. The summed E-state index contributed by atoms with van der Waals surface area (Å²) in [6.07, 6.45) is 0.729. The van der Waals surface area contributed by atoms with Gasteiger partial charge in [0.2, 0.25) is 0 Å². The van der Waals surface area contributed by atoms with Gasteiger partial charge in [-0.15, -0.1) is 11.3 Å². The van der Waals surface area contributed by atoms with Crippen molar-refractivity contribution in [1.29, 1.82) is 0 Å². The van der Waals surface area contributed by atoms with E-state index in [1.54, 1.807) is 11.3 Å². The third kappa shape index (κ3) is 3.69. The van der Waals surface area contributed by atoms with Crippen molar-refractivity contribution in [3.8, 4) is 27.9 Å². The van der Waals surface area contributed by atoms with Crippen LogP contribution in [-0.2, 0) is 6.42 Å². The number of para-hydroxylation sites is 2. The largest absolute Gasteiger partial charge is 0.295 e. The van der Waals surface area contributed by atoms with Crippen LogP contribution in [-0.4, -0.2) is 9.55 Å². The van der Waals surface area contributed by atoms with Crippen molar-refractivity contribution >= 4 is 64.1 Å². The number of benzene rings is 7. The number of hydrogen-bond donors (Lipinski definition) is 0. The Morgan fingerprint density at radius 1 is 0.659 bits per heavy atom. The maximum absolute atomic E-state index is 8.82. The SMILES string of the molecule is [2H]c1c([2H])c([2H])c(-c2ccc3c(-n4c(CC)nc5ccccc54)c4ccccc4c(-c4cccc5sc6ccccc6c45)c3c2)c([2H])c1[2H]. The van der Waals surface area contributed by atoms with Gasteiger partial charge in [0.15, 0.2) is 0 Å². The van der Waals surface area contributed by atoms with E-state index in [2.05, 4.69) is 90.4 Å². The quantitative estimate of drug-likeness (QED) is 0.188. The van der Waals surface area contributed by atoms with Crippen LogP contribution in [0.5, 0.6) is 0 Å². The Kier molecular flexibility index (Phi) is 4.64. The first kappa shape index (κ1) is 20.6. The summed E-state index contributed by atoms with van der Waals surface area (Å²) in [6, 6.07) is 36.1. The number of thiophene rings is 1. The zero-order valence-corrected chi connectivity index (χ0v) is 24.7. The Hall–Kier alpha value is -5.25. The third-order valence-corrected chi connectivity index (χ3v) is 9.76. The van der Waals surface area contributed by atoms with E-state index in [1.807, 2.05) is 30.3 Å². The summed E-state index contributed by atoms with van der Waals surface area (Å²) >= 11 is 1.78. The molecule has 3 heteroatoms. The van der Waals surface area contributed by atoms with Gasteiger partial charge in [-0.05, 0) is 63.4 Å². The summed E-state index contributed by atoms with van der Waals surface area (Å²) in [5, 5.41) is 6.42. The molecule has 0 amide bonds. The van der Waals surface area contributed by atoms with Gasteiger partial charge in [0.1, 0.15) is 5.82 Å². The second-order valence-corrected chi connectivity index (χ2v) is 12.1. The topological polar surface area (TPSA) is 17.8 Å². The van der Waals surface area contributed by atoms with Crippen molar-refractivity contribution in [2.45, 2.75) is 13.3 Å². The van der Waals surface area contributed by atoms with E-state index in [-0.39, 0.29) is 29.7 Å². The predicted molar refractivity (Wildman–Crippen MR) is 189 cm³/mol. The Balaban J connectivity index is 1.51. The molecule has 0 aliphatic rings. The fourth-order valence-electron chi connectivity index (χ4n) is 6.78. The highest BCUT2D eigenvalue weighted by atomic mass is 32.1. The highest BCUT2D eigenvalue weighted by Gasteiger charge is 2.22. The fourth-order valence-corrected chi connectivity index (χ4v) is 7.91. The van der Waals surface area contributed by atoms with Crippen LogP contribution < -0.4 is 0 Å². The first-order valence-corrected chi connectivity index (χ1v) is 15.6. The number of aryl methyl sites for hydroxylation is 1. The smallest absolute Gasteiger partial charge is 0.114 e. The molecular weight excluding hydrogens is 553 g/mol. The first-order chi connectivity index (χ1) is 23.9. The molecule has 0 saturated heterocycles. The molecule has 9 rings (SSSR count). The fraction of sp³-hybridized carbons (Fsp3) is 0.0488. The molecule has 2 aromatic heterocycles. The van der Waals surface area contributed by atoms with E-state index in [0.717, 1.165) is 61.6 Å². The van der Waals surface area contributed by atoms with E-state index in [0.29, 0.717) is 5.56 Å². The van der Waals surface area contributed by atoms with Gasteiger partial charge in [0.05, 0.1) is 23.6 Å². The highest BCUT2D eigenvalue weighted by Crippen LogP contribution is 2.47. The highest BCUT2D eigenvalue weighted by molar-refractivity contribution is 7.25. The lowest BCUT2D eigenvalue weighted by molar-refractivity contribution is 0.917. The van der Waals surface area contributed by atoms with Crippen molar-refractivity contribution < 1.29 is 6.85 Å². The van der Waals surface area contributed by atoms with Gasteiger partial charge in [-0.25, -0.2) is 4.98 Å². The van der Waals surface area contributed by atoms with E-state index < -0.39 is 6.04 Å². The minimum atomic E-state index is -0.399. The molecule has 0 N–H and O–H groups in total. The van der Waals surface area contributed by atoms with Crippen molar-refractivity contribution in [3.63, 3.8) is 0 Å². The molecule has 0 spiro atoms. The van der Waals surface area contributed by atoms with Crippen LogP contribution in [0.4, 0.5) is 0 Å². The van der Waals surface area contributed by atoms with Gasteiger partial charge in [-0.1, -0.05) is 116 Å². The lowest BCUT2D eigenvalue weighted by Crippen LogP contribution is -2.03. The second kappa shape index (κ2) is 9.90. The number of fused-ring (bicyclic) bond motifs is 6. The summed E-state index contributed by atoms with van der Waals surface area (Å²) < 4.78 is 47.4. The zero-order valence-electron chi connectivity index (χ0n) is 28.9. The standard InChI is InChI=1S/C41H28N2S/c1-2-38-42-34-19-9-10-20-35(34)43(38)41-29-16-7-6-15-28(29)39(33-25-27(23-24-30(33)41)26-13-4-3-5-14-26)32-18-12-22-37-40(32)31-17-8-11-21-36(31)44-37/h3-25H,2H2,1H3/i3D,4D,5D,13D,14D. The normalized spacial score (nSPS) is 13.4. The first-order valence-electron chi connectivity index (χ1n) is 17.3. The molecule has 0 radical (unpaired) electrons. The molecule has 9 aromatic rings. The van der Waals surface area contributed by atoms with Crippen molar-refractivity contribution in [3.05, 3.63) is 145 Å². The number of nitrogens with zero attached hydrogens (tertiary/aromatic N) is 2. The van der Waals surface area contributed by atoms with Gasteiger partial charge in [0, 0.05) is 37.4 Å². The number of aromatic nitrogens is 2. The molecule has 0 atom stereocenters. The van der Waals surface area contributed by atoms with E-state index in [1.165, 1.54) is 20.2 Å². The van der Waals surface area contributed by atoms with Crippen LogP contribution in [0.1, 0.15) is 19.6 Å². The van der Waals surface area contributed by atoms with Crippen LogP contribution in [0.2, 0.25) is 0 Å². The summed E-state index contributed by atoms with van der Waals surface area (Å²) in [4.78, 5) is 5.04. The van der Waals surface area contributed by atoms with Gasteiger partial charge in [-0.2, -0.15) is 0 Å². The third-order valence-electron chi connectivity index (χ3n) is 8.63. The summed E-state index contributed by atoms with van der Waals surface area (Å²) in [5.41, 5.74) is 5.84. The monoisotopic (exact) mass is 585 g/mol. The van der Waals surface area contributed by atoms with Crippen molar-refractivity contribution in [1.82, 2.24) is 9.55 Å². The maximum Gasteiger partial charge on any atom is 0.114 e. The van der Waals surface area contributed by atoms with E-state index in [4.69, 9.17) is 11.8 Å². The molecule has 0 bridgehead atoms. The molecule has 0 fully saturated rings. The second-order valence-electron chi connectivity index (χ2n) is 11.0. The summed E-state index contributed by atoms with van der Waals surface area (Å²) in [7, 11) is 0. The van der Waals surface area contributed by atoms with Crippen LogP contribution in [0.15, 0.2) is 139 Å². The molecule has 208 valence electrons. The Morgan fingerprint density at radius 2 is 1.39 bits per heavy atom. The molecule has 7 aromatic carbocycles. The van der Waals surface area contributed by atoms with Crippen LogP contribution in [0, 0.1) is 0 Å². The summed E-state index contributed by atoms with van der Waals surface area (Å²) in [5.74, 6) is 0.945.